The number of thioether (sulfide) groups is 1. The lowest BCUT2D eigenvalue weighted by molar-refractivity contribution is -0.113. The van der Waals surface area contributed by atoms with Crippen LogP contribution in [0.1, 0.15) is 36.9 Å². The molecule has 29 heavy (non-hydrogen) atoms. The van der Waals surface area contributed by atoms with E-state index in [1.54, 1.807) is 0 Å². The van der Waals surface area contributed by atoms with Gasteiger partial charge in [-0.3, -0.25) is 4.79 Å². The topological polar surface area (TPSA) is 69.0 Å². The van der Waals surface area contributed by atoms with Gasteiger partial charge in [0.25, 0.3) is 0 Å². The molecule has 0 saturated heterocycles. The Labute approximate surface area is 175 Å². The second kappa shape index (κ2) is 9.60. The molecule has 152 valence electrons. The molecule has 0 radical (unpaired) electrons. The molecule has 0 aliphatic rings. The Kier molecular flexibility index (Phi) is 6.93. The number of nitrogens with zero attached hydrogens (tertiary/aromatic N) is 3. The van der Waals surface area contributed by atoms with Gasteiger partial charge in [0.05, 0.1) is 5.75 Å². The van der Waals surface area contributed by atoms with Gasteiger partial charge in [0.2, 0.25) is 5.91 Å². The van der Waals surface area contributed by atoms with Crippen molar-refractivity contribution in [2.75, 3.05) is 11.1 Å². The molecule has 1 heterocycles. The van der Waals surface area contributed by atoms with Crippen molar-refractivity contribution in [1.82, 2.24) is 14.8 Å². The first-order chi connectivity index (χ1) is 14.0. The largest absolute Gasteiger partial charge is 0.482 e. The number of carbonyl (C=O) groups is 1. The number of hydrogen-bond donors (Lipinski definition) is 1. The fraction of sp³-hybridized carbons (Fsp3) is 0.318. The van der Waals surface area contributed by atoms with Crippen LogP contribution in [-0.4, -0.2) is 26.4 Å². The molecule has 0 aliphatic heterocycles. The van der Waals surface area contributed by atoms with Gasteiger partial charge < -0.3 is 14.6 Å². The maximum absolute atomic E-state index is 12.2. The maximum atomic E-state index is 12.2. The highest BCUT2D eigenvalue weighted by molar-refractivity contribution is 7.99. The lowest BCUT2D eigenvalue weighted by Crippen LogP contribution is -2.15. The molecule has 0 bridgehead atoms. The number of anilines is 1. The molecule has 1 unspecified atom stereocenters. The van der Waals surface area contributed by atoms with Crippen molar-refractivity contribution in [3.8, 4) is 5.75 Å². The smallest absolute Gasteiger partial charge is 0.234 e. The summed E-state index contributed by atoms with van der Waals surface area (Å²) >= 11 is 1.37. The molecule has 3 rings (SSSR count). The van der Waals surface area contributed by atoms with Crippen LogP contribution in [0.2, 0.25) is 0 Å². The molecule has 0 fully saturated rings. The molecule has 1 aromatic heterocycles. The van der Waals surface area contributed by atoms with Crippen molar-refractivity contribution >= 4 is 23.4 Å². The molecule has 2 aromatic carbocycles. The first-order valence-corrected chi connectivity index (χ1v) is 10.6. The van der Waals surface area contributed by atoms with Crippen LogP contribution < -0.4 is 10.1 Å². The van der Waals surface area contributed by atoms with E-state index in [9.17, 15) is 4.79 Å². The lowest BCUT2D eigenvalue weighted by atomic mass is 10.1. The second-order valence-corrected chi connectivity index (χ2v) is 7.76. The number of amides is 1. The van der Waals surface area contributed by atoms with Gasteiger partial charge in [0, 0.05) is 12.2 Å². The predicted octanol–water partition coefficient (Wildman–Crippen LogP) is 4.79. The summed E-state index contributed by atoms with van der Waals surface area (Å²) in [6.45, 7) is 8.79. The Hall–Kier alpha value is -2.80. The third-order valence-electron chi connectivity index (χ3n) is 4.45. The summed E-state index contributed by atoms with van der Waals surface area (Å²) < 4.78 is 8.13. The van der Waals surface area contributed by atoms with Crippen LogP contribution in [0.15, 0.2) is 53.7 Å². The van der Waals surface area contributed by atoms with Crippen LogP contribution >= 0.6 is 11.8 Å². The number of benzene rings is 2. The van der Waals surface area contributed by atoms with Gasteiger partial charge >= 0.3 is 0 Å². The summed E-state index contributed by atoms with van der Waals surface area (Å²) in [5.41, 5.74) is 3.07. The average Bonchev–Trinajstić information content (AvgIpc) is 3.12. The van der Waals surface area contributed by atoms with Gasteiger partial charge in [-0.15, -0.1) is 10.2 Å². The SMILES string of the molecule is CCn1c(SCC(=O)Nc2ccccc2)nnc1C(C)Oc1ccc(C)cc1C. The lowest BCUT2D eigenvalue weighted by Gasteiger charge is -2.17. The van der Waals surface area contributed by atoms with E-state index in [0.29, 0.717) is 11.7 Å². The first-order valence-electron chi connectivity index (χ1n) is 9.62. The summed E-state index contributed by atoms with van der Waals surface area (Å²) in [6.07, 6.45) is -0.253. The number of aromatic nitrogens is 3. The maximum Gasteiger partial charge on any atom is 0.234 e. The molecule has 1 N–H and O–H groups in total. The van der Waals surface area contributed by atoms with Gasteiger partial charge in [-0.25, -0.2) is 0 Å². The number of para-hydroxylation sites is 1. The summed E-state index contributed by atoms with van der Waals surface area (Å²) in [4.78, 5) is 12.2. The normalized spacial score (nSPS) is 11.9. The Balaban J connectivity index is 1.65. The van der Waals surface area contributed by atoms with Crippen molar-refractivity contribution < 1.29 is 9.53 Å². The average molecular weight is 411 g/mol. The van der Waals surface area contributed by atoms with Crippen LogP contribution in [0.5, 0.6) is 5.75 Å². The van der Waals surface area contributed by atoms with E-state index in [4.69, 9.17) is 4.74 Å². The summed E-state index contributed by atoms with van der Waals surface area (Å²) in [6, 6.07) is 15.5. The number of carbonyl (C=O) groups excluding carboxylic acids is 1. The third-order valence-corrected chi connectivity index (χ3v) is 5.42. The molecular formula is C22H26N4O2S. The zero-order valence-electron chi connectivity index (χ0n) is 17.2. The van der Waals surface area contributed by atoms with Gasteiger partial charge in [0.1, 0.15) is 5.75 Å². The number of hydrogen-bond acceptors (Lipinski definition) is 5. The Morgan fingerprint density at radius 2 is 1.93 bits per heavy atom. The molecule has 1 atom stereocenters. The summed E-state index contributed by atoms with van der Waals surface area (Å²) in [5.74, 6) is 1.77. The number of nitrogens with one attached hydrogen (secondary N) is 1. The fourth-order valence-corrected chi connectivity index (χ4v) is 3.84. The third kappa shape index (κ3) is 5.38. The van der Waals surface area contributed by atoms with E-state index in [1.165, 1.54) is 17.3 Å². The van der Waals surface area contributed by atoms with E-state index in [2.05, 4.69) is 28.5 Å². The van der Waals surface area contributed by atoms with Gasteiger partial charge in [-0.2, -0.15) is 0 Å². The van der Waals surface area contributed by atoms with E-state index in [1.807, 2.05) is 67.8 Å². The number of ether oxygens (including phenoxy) is 1. The van der Waals surface area contributed by atoms with E-state index in [-0.39, 0.29) is 17.8 Å². The standard InChI is InChI=1S/C22H26N4O2S/c1-5-26-21(17(4)28-19-12-11-15(2)13-16(19)3)24-25-22(26)29-14-20(27)23-18-9-7-6-8-10-18/h6-13,17H,5,14H2,1-4H3,(H,23,27). The van der Waals surface area contributed by atoms with Crippen molar-refractivity contribution in [1.29, 1.82) is 0 Å². The van der Waals surface area contributed by atoms with Crippen molar-refractivity contribution in [2.24, 2.45) is 0 Å². The van der Waals surface area contributed by atoms with Crippen molar-refractivity contribution in [2.45, 2.75) is 45.5 Å². The quantitative estimate of drug-likeness (QED) is 0.541. The first kappa shape index (κ1) is 20.9. The summed E-state index contributed by atoms with van der Waals surface area (Å²) in [5, 5.41) is 12.2. The highest BCUT2D eigenvalue weighted by atomic mass is 32.2. The monoisotopic (exact) mass is 410 g/mol. The van der Waals surface area contributed by atoms with E-state index < -0.39 is 0 Å². The van der Waals surface area contributed by atoms with Gasteiger partial charge in [-0.05, 0) is 51.5 Å². The zero-order valence-corrected chi connectivity index (χ0v) is 18.0. The highest BCUT2D eigenvalue weighted by Gasteiger charge is 2.20. The van der Waals surface area contributed by atoms with E-state index in [0.717, 1.165) is 22.8 Å². The minimum atomic E-state index is -0.253. The summed E-state index contributed by atoms with van der Waals surface area (Å²) in [7, 11) is 0. The van der Waals surface area contributed by atoms with Crippen LogP contribution in [-0.2, 0) is 11.3 Å². The van der Waals surface area contributed by atoms with Crippen LogP contribution in [0.4, 0.5) is 5.69 Å². The van der Waals surface area contributed by atoms with Crippen LogP contribution in [0.25, 0.3) is 0 Å². The molecular weight excluding hydrogens is 384 g/mol. The molecule has 7 heteroatoms. The Morgan fingerprint density at radius 3 is 2.62 bits per heavy atom. The molecule has 0 spiro atoms. The van der Waals surface area contributed by atoms with Gasteiger partial charge in [-0.1, -0.05) is 47.7 Å². The predicted molar refractivity (Wildman–Crippen MR) is 116 cm³/mol. The fourth-order valence-electron chi connectivity index (χ4n) is 3.03. The van der Waals surface area contributed by atoms with Crippen LogP contribution in [0, 0.1) is 13.8 Å². The van der Waals surface area contributed by atoms with Crippen LogP contribution in [0.3, 0.4) is 0 Å². The molecule has 6 nitrogen and oxygen atoms in total. The zero-order chi connectivity index (χ0) is 20.8. The van der Waals surface area contributed by atoms with Gasteiger partial charge in [0.15, 0.2) is 17.1 Å². The second-order valence-electron chi connectivity index (χ2n) is 6.82. The minimum absolute atomic E-state index is 0.0759. The Bertz CT molecular complexity index is 972. The minimum Gasteiger partial charge on any atom is -0.482 e. The van der Waals surface area contributed by atoms with Crippen molar-refractivity contribution in [3.63, 3.8) is 0 Å². The molecule has 0 aliphatic carbocycles. The number of aryl methyl sites for hydroxylation is 2. The molecule has 0 saturated carbocycles. The molecule has 3 aromatic rings. The van der Waals surface area contributed by atoms with E-state index >= 15 is 0 Å². The van der Waals surface area contributed by atoms with Crippen molar-refractivity contribution in [3.05, 3.63) is 65.5 Å². The Morgan fingerprint density at radius 1 is 1.17 bits per heavy atom. The highest BCUT2D eigenvalue weighted by Crippen LogP contribution is 2.27. The number of rotatable bonds is 8. The molecule has 1 amide bonds.